The fraction of sp³-hybridized carbons (Fsp3) is 0.400. The number of ether oxygens (including phenoxy) is 1. The first-order valence-electron chi connectivity index (χ1n) is 10.8. The van der Waals surface area contributed by atoms with Crippen LogP contribution in [0.2, 0.25) is 5.02 Å². The van der Waals surface area contributed by atoms with Crippen molar-refractivity contribution in [3.8, 4) is 5.75 Å². The summed E-state index contributed by atoms with van der Waals surface area (Å²) in [6, 6.07) is 15.2. The van der Waals surface area contributed by atoms with Crippen LogP contribution in [0.25, 0.3) is 0 Å². The van der Waals surface area contributed by atoms with Gasteiger partial charge in [0, 0.05) is 17.3 Å². The van der Waals surface area contributed by atoms with Gasteiger partial charge in [-0.1, -0.05) is 41.4 Å². The molecule has 1 heterocycles. The third-order valence-corrected chi connectivity index (χ3v) is 6.23. The highest BCUT2D eigenvalue weighted by Crippen LogP contribution is 2.33. The number of para-hydroxylation sites is 1. The summed E-state index contributed by atoms with van der Waals surface area (Å²) in [7, 11) is 0. The summed E-state index contributed by atoms with van der Waals surface area (Å²) in [4.78, 5) is 14.9. The van der Waals surface area contributed by atoms with Gasteiger partial charge in [0.25, 0.3) is 5.91 Å². The van der Waals surface area contributed by atoms with Gasteiger partial charge in [-0.15, -0.1) is 0 Å². The Labute approximate surface area is 183 Å². The molecule has 2 atom stereocenters. The van der Waals surface area contributed by atoms with Crippen LogP contribution in [0.5, 0.6) is 5.75 Å². The first kappa shape index (κ1) is 21.0. The number of hydrogen-bond acceptors (Lipinski definition) is 3. The summed E-state index contributed by atoms with van der Waals surface area (Å²) in [6.45, 7) is 3.66. The fourth-order valence-corrected chi connectivity index (χ4v) is 4.39. The third kappa shape index (κ3) is 4.71. The minimum atomic E-state index is -0.493. The molecule has 0 spiro atoms. The number of benzene rings is 2. The number of hydrogen-bond donors (Lipinski definition) is 1. The van der Waals surface area contributed by atoms with Crippen molar-refractivity contribution in [3.63, 3.8) is 0 Å². The van der Waals surface area contributed by atoms with Gasteiger partial charge in [-0.25, -0.2) is 0 Å². The van der Waals surface area contributed by atoms with E-state index in [9.17, 15) is 4.79 Å². The van der Waals surface area contributed by atoms with Crippen LogP contribution >= 0.6 is 11.6 Å². The summed E-state index contributed by atoms with van der Waals surface area (Å²) < 4.78 is 6.07. The lowest BCUT2D eigenvalue weighted by molar-refractivity contribution is -0.134. The number of rotatable bonds is 8. The lowest BCUT2D eigenvalue weighted by Gasteiger charge is -2.47. The molecular weight excluding hydrogens is 396 g/mol. The average molecular weight is 425 g/mol. The van der Waals surface area contributed by atoms with Gasteiger partial charge in [0.2, 0.25) is 0 Å². The van der Waals surface area contributed by atoms with Crippen molar-refractivity contribution in [1.82, 2.24) is 5.32 Å². The predicted molar refractivity (Wildman–Crippen MR) is 122 cm³/mol. The van der Waals surface area contributed by atoms with E-state index in [1.807, 2.05) is 48.2 Å². The van der Waals surface area contributed by atoms with Gasteiger partial charge in [-0.3, -0.25) is 4.79 Å². The Morgan fingerprint density at radius 2 is 1.93 bits per heavy atom. The van der Waals surface area contributed by atoms with E-state index in [2.05, 4.69) is 11.4 Å². The minimum absolute atomic E-state index is 0.000962. The molecule has 0 saturated carbocycles. The molecule has 1 saturated heterocycles. The van der Waals surface area contributed by atoms with Gasteiger partial charge >= 0.3 is 0 Å². The smallest absolute Gasteiger partial charge is 0.270 e. The molecule has 4 rings (SSSR count). The minimum Gasteiger partial charge on any atom is -0.478 e. The lowest BCUT2D eigenvalue weighted by Crippen LogP contribution is -2.70. The normalized spacial score (nSPS) is 21.2. The van der Waals surface area contributed by atoms with Crippen molar-refractivity contribution >= 4 is 23.2 Å². The summed E-state index contributed by atoms with van der Waals surface area (Å²) in [5, 5.41) is 4.22. The second kappa shape index (κ2) is 9.67. The molecule has 1 aliphatic heterocycles. The molecule has 1 fully saturated rings. The predicted octanol–water partition coefficient (Wildman–Crippen LogP) is 5.29. The van der Waals surface area contributed by atoms with Gasteiger partial charge in [0.1, 0.15) is 5.75 Å². The van der Waals surface area contributed by atoms with Crippen LogP contribution in [-0.2, 0) is 4.79 Å². The number of carbonyl (C=O) groups excluding carboxylic acids is 1. The van der Waals surface area contributed by atoms with Crippen molar-refractivity contribution < 1.29 is 9.53 Å². The van der Waals surface area contributed by atoms with Crippen LogP contribution in [0, 0.1) is 6.92 Å². The molecule has 30 heavy (non-hydrogen) atoms. The Hall–Kier alpha value is -2.30. The van der Waals surface area contributed by atoms with Gasteiger partial charge in [-0.05, 0) is 81.5 Å². The Morgan fingerprint density at radius 3 is 2.67 bits per heavy atom. The average Bonchev–Trinajstić information content (AvgIpc) is 2.77. The SMILES string of the molecule is Cc1ccccc1N1C(=O)[C@@H](Oc2ccc(Cl)cc2)[C@H]1CNCCC1=CCCCC1. The van der Waals surface area contributed by atoms with Gasteiger partial charge in [0.05, 0.1) is 6.04 Å². The number of anilines is 1. The number of aryl methyl sites for hydroxylation is 1. The molecule has 4 nitrogen and oxygen atoms in total. The highest BCUT2D eigenvalue weighted by atomic mass is 35.5. The molecule has 0 bridgehead atoms. The number of nitrogens with one attached hydrogen (secondary N) is 1. The molecule has 158 valence electrons. The second-order valence-corrected chi connectivity index (χ2v) is 8.55. The number of halogens is 1. The molecule has 5 heteroatoms. The van der Waals surface area contributed by atoms with E-state index >= 15 is 0 Å². The number of carbonyl (C=O) groups is 1. The molecule has 2 aromatic carbocycles. The van der Waals surface area contributed by atoms with Crippen LogP contribution in [0.1, 0.15) is 37.7 Å². The summed E-state index contributed by atoms with van der Waals surface area (Å²) in [5.41, 5.74) is 3.61. The maximum absolute atomic E-state index is 13.0. The van der Waals surface area contributed by atoms with Gasteiger partial charge < -0.3 is 15.0 Å². The van der Waals surface area contributed by atoms with Crippen LogP contribution in [0.4, 0.5) is 5.69 Å². The van der Waals surface area contributed by atoms with E-state index < -0.39 is 6.10 Å². The zero-order valence-corrected chi connectivity index (χ0v) is 18.2. The van der Waals surface area contributed by atoms with Crippen LogP contribution in [-0.4, -0.2) is 31.1 Å². The van der Waals surface area contributed by atoms with E-state index in [4.69, 9.17) is 16.3 Å². The summed E-state index contributed by atoms with van der Waals surface area (Å²) in [6.07, 6.45) is 8.04. The first-order chi connectivity index (χ1) is 14.6. The largest absolute Gasteiger partial charge is 0.478 e. The molecular formula is C25H29ClN2O2. The van der Waals surface area contributed by atoms with Crippen LogP contribution in [0.15, 0.2) is 60.2 Å². The van der Waals surface area contributed by atoms with Crippen molar-refractivity contribution in [2.75, 3.05) is 18.0 Å². The molecule has 1 amide bonds. The van der Waals surface area contributed by atoms with Crippen molar-refractivity contribution in [2.45, 2.75) is 51.2 Å². The standard InChI is InChI=1S/C25H29ClN2O2/c1-18-7-5-6-10-22(18)28-23(17-27-16-15-19-8-3-2-4-9-19)24(25(28)29)30-21-13-11-20(26)12-14-21/h5-8,10-14,23-24,27H,2-4,9,15-17H2,1H3/t23-,24+/m1/s1. The van der Waals surface area contributed by atoms with E-state index in [0.29, 0.717) is 17.3 Å². The zero-order valence-electron chi connectivity index (χ0n) is 17.4. The topological polar surface area (TPSA) is 41.6 Å². The second-order valence-electron chi connectivity index (χ2n) is 8.12. The zero-order chi connectivity index (χ0) is 20.9. The molecule has 0 aromatic heterocycles. The highest BCUT2D eigenvalue weighted by Gasteiger charge is 2.50. The van der Waals surface area contributed by atoms with Crippen molar-refractivity contribution in [1.29, 1.82) is 0 Å². The first-order valence-corrected chi connectivity index (χ1v) is 11.2. The molecule has 1 N–H and O–H groups in total. The Morgan fingerprint density at radius 1 is 1.13 bits per heavy atom. The van der Waals surface area contributed by atoms with Gasteiger partial charge in [0.15, 0.2) is 6.10 Å². The molecule has 0 radical (unpaired) electrons. The van der Waals surface area contributed by atoms with Gasteiger partial charge in [-0.2, -0.15) is 0 Å². The Bertz CT molecular complexity index is 910. The molecule has 0 unspecified atom stereocenters. The number of allylic oxidation sites excluding steroid dienone is 1. The van der Waals surface area contributed by atoms with E-state index in [1.54, 1.807) is 17.7 Å². The highest BCUT2D eigenvalue weighted by molar-refractivity contribution is 6.30. The van der Waals surface area contributed by atoms with E-state index in [-0.39, 0.29) is 11.9 Å². The van der Waals surface area contributed by atoms with Crippen LogP contribution < -0.4 is 15.0 Å². The quantitative estimate of drug-likeness (QED) is 0.355. The number of amides is 1. The fourth-order valence-electron chi connectivity index (χ4n) is 4.27. The maximum atomic E-state index is 13.0. The maximum Gasteiger partial charge on any atom is 0.270 e. The molecule has 2 aliphatic rings. The third-order valence-electron chi connectivity index (χ3n) is 5.98. The van der Waals surface area contributed by atoms with E-state index in [0.717, 1.165) is 24.2 Å². The van der Waals surface area contributed by atoms with Crippen molar-refractivity contribution in [3.05, 3.63) is 70.8 Å². The van der Waals surface area contributed by atoms with Crippen LogP contribution in [0.3, 0.4) is 0 Å². The monoisotopic (exact) mass is 424 g/mol. The van der Waals surface area contributed by atoms with E-state index in [1.165, 1.54) is 25.7 Å². The Balaban J connectivity index is 1.43. The number of β-lactam (4-membered cyclic amide) rings is 1. The number of nitrogens with zero attached hydrogens (tertiary/aromatic N) is 1. The summed E-state index contributed by atoms with van der Waals surface area (Å²) in [5.74, 6) is 0.667. The lowest BCUT2D eigenvalue weighted by atomic mass is 9.94. The molecule has 2 aromatic rings. The molecule has 1 aliphatic carbocycles. The van der Waals surface area contributed by atoms with Crippen molar-refractivity contribution in [2.24, 2.45) is 0 Å². The summed E-state index contributed by atoms with van der Waals surface area (Å²) >= 11 is 5.98. The Kier molecular flexibility index (Phi) is 6.76.